The first-order chi connectivity index (χ1) is 9.25. The summed E-state index contributed by atoms with van der Waals surface area (Å²) >= 11 is 0. The van der Waals surface area contributed by atoms with Gasteiger partial charge in [0, 0.05) is 0 Å². The van der Waals surface area contributed by atoms with Gasteiger partial charge < -0.3 is 5.11 Å². The Balaban J connectivity index is 2.02. The van der Waals surface area contributed by atoms with E-state index in [-0.39, 0.29) is 5.92 Å². The number of hydrogen-bond donors (Lipinski definition) is 1. The van der Waals surface area contributed by atoms with Crippen LogP contribution in [0.25, 0.3) is 0 Å². The Labute approximate surface area is 119 Å². The smallest absolute Gasteiger partial charge is 0.306 e. The summed E-state index contributed by atoms with van der Waals surface area (Å²) in [5.41, 5.74) is 0. The molecule has 0 aliphatic heterocycles. The predicted octanol–water partition coefficient (Wildman–Crippen LogP) is 5.41. The van der Waals surface area contributed by atoms with E-state index in [2.05, 4.69) is 6.92 Å². The number of carbonyl (C=O) groups is 1. The van der Waals surface area contributed by atoms with Crippen molar-refractivity contribution < 1.29 is 9.90 Å². The van der Waals surface area contributed by atoms with Crippen LogP contribution in [0.15, 0.2) is 0 Å². The Morgan fingerprint density at radius 3 is 2.16 bits per heavy atom. The number of unbranched alkanes of at least 4 members (excludes halogenated alkanes) is 7. The summed E-state index contributed by atoms with van der Waals surface area (Å²) in [6.07, 6.45) is 16.3. The normalized spacial score (nSPS) is 23.4. The summed E-state index contributed by atoms with van der Waals surface area (Å²) < 4.78 is 0. The van der Waals surface area contributed by atoms with Gasteiger partial charge in [-0.15, -0.1) is 0 Å². The highest BCUT2D eigenvalue weighted by atomic mass is 16.4. The maximum Gasteiger partial charge on any atom is 0.306 e. The monoisotopic (exact) mass is 268 g/mol. The lowest BCUT2D eigenvalue weighted by Gasteiger charge is -2.28. The van der Waals surface area contributed by atoms with Crippen molar-refractivity contribution in [1.82, 2.24) is 0 Å². The summed E-state index contributed by atoms with van der Waals surface area (Å²) in [5.74, 6) is -0.131. The molecule has 2 atom stereocenters. The van der Waals surface area contributed by atoms with Gasteiger partial charge in [-0.25, -0.2) is 0 Å². The van der Waals surface area contributed by atoms with E-state index < -0.39 is 5.97 Å². The van der Waals surface area contributed by atoms with Gasteiger partial charge in [-0.3, -0.25) is 4.79 Å². The highest BCUT2D eigenvalue weighted by molar-refractivity contribution is 5.70. The SMILES string of the molecule is CCCCCCCCCCC1CCCCC1C(=O)O. The zero-order valence-electron chi connectivity index (χ0n) is 12.7. The molecule has 0 aromatic heterocycles. The molecule has 0 amide bonds. The van der Waals surface area contributed by atoms with Crippen LogP contribution in [-0.2, 0) is 4.79 Å². The van der Waals surface area contributed by atoms with Crippen LogP contribution in [0.4, 0.5) is 0 Å². The molecule has 2 heteroatoms. The largest absolute Gasteiger partial charge is 0.481 e. The second-order valence-corrected chi connectivity index (χ2v) is 6.25. The maximum atomic E-state index is 11.2. The van der Waals surface area contributed by atoms with Crippen LogP contribution < -0.4 is 0 Å². The van der Waals surface area contributed by atoms with Gasteiger partial charge in [0.05, 0.1) is 5.92 Å². The summed E-state index contributed by atoms with van der Waals surface area (Å²) in [5, 5.41) is 9.23. The number of carboxylic acids is 1. The second-order valence-electron chi connectivity index (χ2n) is 6.25. The third-order valence-electron chi connectivity index (χ3n) is 4.65. The first kappa shape index (κ1) is 16.5. The molecule has 1 fully saturated rings. The summed E-state index contributed by atoms with van der Waals surface area (Å²) in [6, 6.07) is 0. The molecular formula is C17H32O2. The van der Waals surface area contributed by atoms with E-state index in [1.165, 1.54) is 57.8 Å². The molecule has 0 spiro atoms. The molecule has 0 saturated heterocycles. The molecule has 0 bridgehead atoms. The highest BCUT2D eigenvalue weighted by Gasteiger charge is 2.29. The number of rotatable bonds is 10. The van der Waals surface area contributed by atoms with Gasteiger partial charge in [-0.2, -0.15) is 0 Å². The van der Waals surface area contributed by atoms with Crippen LogP contribution in [-0.4, -0.2) is 11.1 Å². The van der Waals surface area contributed by atoms with Crippen molar-refractivity contribution in [3.05, 3.63) is 0 Å². The molecule has 0 radical (unpaired) electrons. The Morgan fingerprint density at radius 2 is 1.53 bits per heavy atom. The minimum atomic E-state index is -0.552. The van der Waals surface area contributed by atoms with Gasteiger partial charge in [-0.1, -0.05) is 71.1 Å². The molecule has 0 aromatic rings. The van der Waals surface area contributed by atoms with Crippen LogP contribution in [0.1, 0.15) is 90.4 Å². The quantitative estimate of drug-likeness (QED) is 0.538. The fraction of sp³-hybridized carbons (Fsp3) is 0.941. The lowest BCUT2D eigenvalue weighted by Crippen LogP contribution is -2.26. The van der Waals surface area contributed by atoms with E-state index in [9.17, 15) is 9.90 Å². The van der Waals surface area contributed by atoms with Crippen molar-refractivity contribution in [2.45, 2.75) is 90.4 Å². The summed E-state index contributed by atoms with van der Waals surface area (Å²) in [4.78, 5) is 11.2. The van der Waals surface area contributed by atoms with E-state index in [0.29, 0.717) is 5.92 Å². The van der Waals surface area contributed by atoms with Gasteiger partial charge in [0.1, 0.15) is 0 Å². The van der Waals surface area contributed by atoms with Crippen molar-refractivity contribution in [2.75, 3.05) is 0 Å². The third-order valence-corrected chi connectivity index (χ3v) is 4.65. The van der Waals surface area contributed by atoms with Crippen molar-refractivity contribution in [3.8, 4) is 0 Å². The average Bonchev–Trinajstić information content (AvgIpc) is 2.42. The van der Waals surface area contributed by atoms with E-state index in [1.54, 1.807) is 0 Å². The fourth-order valence-corrected chi connectivity index (χ4v) is 3.42. The Kier molecular flexibility index (Phi) is 8.94. The molecule has 1 saturated carbocycles. The van der Waals surface area contributed by atoms with Crippen LogP contribution >= 0.6 is 0 Å². The predicted molar refractivity (Wildman–Crippen MR) is 80.3 cm³/mol. The number of hydrogen-bond acceptors (Lipinski definition) is 1. The first-order valence-electron chi connectivity index (χ1n) is 8.48. The molecule has 1 rings (SSSR count). The summed E-state index contributed by atoms with van der Waals surface area (Å²) in [6.45, 7) is 2.25. The van der Waals surface area contributed by atoms with E-state index in [1.807, 2.05) is 0 Å². The molecular weight excluding hydrogens is 236 g/mol. The third kappa shape index (κ3) is 6.98. The van der Waals surface area contributed by atoms with Crippen LogP contribution in [0.2, 0.25) is 0 Å². The van der Waals surface area contributed by atoms with Crippen LogP contribution in [0.3, 0.4) is 0 Å². The Hall–Kier alpha value is -0.530. The first-order valence-corrected chi connectivity index (χ1v) is 8.48. The molecule has 0 aromatic carbocycles. The molecule has 1 aliphatic rings. The Morgan fingerprint density at radius 1 is 0.947 bits per heavy atom. The fourth-order valence-electron chi connectivity index (χ4n) is 3.42. The van der Waals surface area contributed by atoms with Gasteiger partial charge in [0.2, 0.25) is 0 Å². The van der Waals surface area contributed by atoms with Crippen molar-refractivity contribution in [3.63, 3.8) is 0 Å². The van der Waals surface area contributed by atoms with E-state index >= 15 is 0 Å². The Bertz CT molecular complexity index is 237. The molecule has 19 heavy (non-hydrogen) atoms. The van der Waals surface area contributed by atoms with E-state index in [4.69, 9.17) is 0 Å². The second kappa shape index (κ2) is 10.3. The number of aliphatic carboxylic acids is 1. The zero-order valence-corrected chi connectivity index (χ0v) is 12.7. The minimum absolute atomic E-state index is 0.0432. The van der Waals surface area contributed by atoms with Crippen molar-refractivity contribution in [2.24, 2.45) is 11.8 Å². The topological polar surface area (TPSA) is 37.3 Å². The summed E-state index contributed by atoms with van der Waals surface area (Å²) in [7, 11) is 0. The minimum Gasteiger partial charge on any atom is -0.481 e. The molecule has 1 aliphatic carbocycles. The van der Waals surface area contributed by atoms with Gasteiger partial charge in [-0.05, 0) is 25.2 Å². The highest BCUT2D eigenvalue weighted by Crippen LogP contribution is 2.33. The standard InChI is InChI=1S/C17H32O2/c1-2-3-4-5-6-7-8-9-12-15-13-10-11-14-16(15)17(18)19/h15-16H,2-14H2,1H3,(H,18,19). The zero-order chi connectivity index (χ0) is 13.9. The van der Waals surface area contributed by atoms with Gasteiger partial charge in [0.15, 0.2) is 0 Å². The lowest BCUT2D eigenvalue weighted by molar-refractivity contribution is -0.145. The molecule has 2 nitrogen and oxygen atoms in total. The van der Waals surface area contributed by atoms with Crippen LogP contribution in [0.5, 0.6) is 0 Å². The average molecular weight is 268 g/mol. The molecule has 112 valence electrons. The van der Waals surface area contributed by atoms with E-state index in [0.717, 1.165) is 25.7 Å². The van der Waals surface area contributed by atoms with Crippen LogP contribution in [0, 0.1) is 11.8 Å². The van der Waals surface area contributed by atoms with Crippen molar-refractivity contribution in [1.29, 1.82) is 0 Å². The molecule has 2 unspecified atom stereocenters. The molecule has 1 N–H and O–H groups in total. The lowest BCUT2D eigenvalue weighted by atomic mass is 9.76. The van der Waals surface area contributed by atoms with Gasteiger partial charge in [0.25, 0.3) is 0 Å². The number of carboxylic acid groups (broad SMARTS) is 1. The maximum absolute atomic E-state index is 11.2. The van der Waals surface area contributed by atoms with Gasteiger partial charge >= 0.3 is 5.97 Å². The van der Waals surface area contributed by atoms with Crippen molar-refractivity contribution >= 4 is 5.97 Å². The molecule has 0 heterocycles.